The number of aliphatic hydroxyl groups is 1. The highest BCUT2D eigenvalue weighted by Gasteiger charge is 2.21. The van der Waals surface area contributed by atoms with Crippen LogP contribution in [0, 0.1) is 6.92 Å². The van der Waals surface area contributed by atoms with Crippen molar-refractivity contribution in [1.82, 2.24) is 9.97 Å². The number of nitrogens with zero attached hydrogens (tertiary/aromatic N) is 2. The largest absolute Gasteiger partial charge is 0.391 e. The van der Waals surface area contributed by atoms with E-state index in [1.165, 1.54) is 12.8 Å². The van der Waals surface area contributed by atoms with Gasteiger partial charge in [-0.3, -0.25) is 0 Å². The number of aromatic nitrogens is 2. The second kappa shape index (κ2) is 6.70. The van der Waals surface area contributed by atoms with Crippen LogP contribution in [0.15, 0.2) is 6.07 Å². The van der Waals surface area contributed by atoms with Crippen molar-refractivity contribution in [3.05, 3.63) is 11.9 Å². The first-order valence-electron chi connectivity index (χ1n) is 7.23. The van der Waals surface area contributed by atoms with Crippen molar-refractivity contribution in [2.45, 2.75) is 58.1 Å². The zero-order chi connectivity index (χ0) is 13.7. The summed E-state index contributed by atoms with van der Waals surface area (Å²) in [6.45, 7) is 4.76. The lowest BCUT2D eigenvalue weighted by atomic mass is 10.1. The van der Waals surface area contributed by atoms with Crippen molar-refractivity contribution < 1.29 is 5.11 Å². The van der Waals surface area contributed by atoms with E-state index in [1.807, 2.05) is 19.9 Å². The number of aryl methyl sites for hydroxylation is 1. The topological polar surface area (TPSA) is 70.1 Å². The number of hydrogen-bond donors (Lipinski definition) is 3. The molecule has 2 rings (SSSR count). The maximum Gasteiger partial charge on any atom is 0.132 e. The Balaban J connectivity index is 2.08. The average Bonchev–Trinajstić information content (AvgIpc) is 2.55. The van der Waals surface area contributed by atoms with Gasteiger partial charge in [0.1, 0.15) is 17.5 Å². The van der Waals surface area contributed by atoms with E-state index in [1.54, 1.807) is 0 Å². The maximum atomic E-state index is 10.1. The number of aliphatic hydroxyl groups excluding tert-OH is 1. The van der Waals surface area contributed by atoms with E-state index in [-0.39, 0.29) is 12.1 Å². The molecule has 0 radical (unpaired) electrons. The first-order valence-corrected chi connectivity index (χ1v) is 7.23. The Labute approximate surface area is 114 Å². The molecule has 0 aliphatic heterocycles. The zero-order valence-electron chi connectivity index (χ0n) is 11.8. The molecule has 106 valence electrons. The van der Waals surface area contributed by atoms with Crippen LogP contribution in [-0.2, 0) is 0 Å². The van der Waals surface area contributed by atoms with Gasteiger partial charge in [-0.1, -0.05) is 19.3 Å². The minimum absolute atomic E-state index is 0.103. The van der Waals surface area contributed by atoms with Gasteiger partial charge < -0.3 is 15.7 Å². The fraction of sp³-hybridized carbons (Fsp3) is 0.714. The minimum atomic E-state index is -0.277. The molecule has 1 aliphatic carbocycles. The van der Waals surface area contributed by atoms with E-state index in [2.05, 4.69) is 20.6 Å². The molecule has 1 heterocycles. The predicted molar refractivity (Wildman–Crippen MR) is 77.4 cm³/mol. The molecule has 19 heavy (non-hydrogen) atoms. The van der Waals surface area contributed by atoms with Crippen LogP contribution in [-0.4, -0.2) is 33.8 Å². The van der Waals surface area contributed by atoms with Gasteiger partial charge in [0, 0.05) is 12.6 Å². The van der Waals surface area contributed by atoms with Gasteiger partial charge in [-0.2, -0.15) is 0 Å². The molecule has 0 bridgehead atoms. The summed E-state index contributed by atoms with van der Waals surface area (Å²) in [5.74, 6) is 2.37. The van der Waals surface area contributed by atoms with Crippen molar-refractivity contribution in [3.63, 3.8) is 0 Å². The Morgan fingerprint density at radius 3 is 2.74 bits per heavy atom. The Morgan fingerprint density at radius 2 is 1.95 bits per heavy atom. The Morgan fingerprint density at radius 1 is 1.21 bits per heavy atom. The molecule has 1 aliphatic rings. The standard InChI is InChI=1S/C14H24N4O/c1-3-15-13-9-14(17-10(2)16-13)18-11-7-5-4-6-8-12(11)19/h9,11-12,19H,3-8H2,1-2H3,(H2,15,16,17,18). The molecule has 2 unspecified atom stereocenters. The number of rotatable bonds is 4. The van der Waals surface area contributed by atoms with Crippen LogP contribution >= 0.6 is 0 Å². The molecule has 5 nitrogen and oxygen atoms in total. The molecule has 2 atom stereocenters. The van der Waals surface area contributed by atoms with E-state index in [0.717, 1.165) is 43.3 Å². The van der Waals surface area contributed by atoms with Crippen LogP contribution in [0.3, 0.4) is 0 Å². The van der Waals surface area contributed by atoms with E-state index in [4.69, 9.17) is 0 Å². The first kappa shape index (κ1) is 14.1. The number of nitrogens with one attached hydrogen (secondary N) is 2. The lowest BCUT2D eigenvalue weighted by Gasteiger charge is -2.22. The first-order chi connectivity index (χ1) is 9.19. The van der Waals surface area contributed by atoms with Crippen LogP contribution in [0.5, 0.6) is 0 Å². The number of hydrogen-bond acceptors (Lipinski definition) is 5. The summed E-state index contributed by atoms with van der Waals surface area (Å²) in [7, 11) is 0. The second-order valence-corrected chi connectivity index (χ2v) is 5.17. The van der Waals surface area contributed by atoms with Crippen molar-refractivity contribution in [1.29, 1.82) is 0 Å². The summed E-state index contributed by atoms with van der Waals surface area (Å²) in [5, 5.41) is 16.7. The van der Waals surface area contributed by atoms with Crippen LogP contribution in [0.1, 0.15) is 44.9 Å². The molecule has 1 fully saturated rings. The molecule has 0 aromatic carbocycles. The Hall–Kier alpha value is -1.36. The van der Waals surface area contributed by atoms with Crippen molar-refractivity contribution in [2.24, 2.45) is 0 Å². The van der Waals surface area contributed by atoms with Crippen LogP contribution < -0.4 is 10.6 Å². The molecule has 1 aromatic heterocycles. The van der Waals surface area contributed by atoms with Gasteiger partial charge in [0.25, 0.3) is 0 Å². The normalized spacial score (nSPS) is 23.7. The third-order valence-electron chi connectivity index (χ3n) is 3.51. The molecule has 3 N–H and O–H groups in total. The van der Waals surface area contributed by atoms with Gasteiger partial charge in [-0.15, -0.1) is 0 Å². The molecule has 1 aromatic rings. The molecule has 0 spiro atoms. The highest BCUT2D eigenvalue weighted by molar-refractivity contribution is 5.48. The fourth-order valence-electron chi connectivity index (χ4n) is 2.56. The summed E-state index contributed by atoms with van der Waals surface area (Å²) < 4.78 is 0. The number of anilines is 2. The summed E-state index contributed by atoms with van der Waals surface area (Å²) in [5.41, 5.74) is 0. The molecule has 0 amide bonds. The van der Waals surface area contributed by atoms with Crippen molar-refractivity contribution in [3.8, 4) is 0 Å². The predicted octanol–water partition coefficient (Wildman–Crippen LogP) is 2.32. The van der Waals surface area contributed by atoms with Crippen LogP contribution in [0.4, 0.5) is 11.6 Å². The smallest absolute Gasteiger partial charge is 0.132 e. The van der Waals surface area contributed by atoms with Gasteiger partial charge in [0.2, 0.25) is 0 Å². The zero-order valence-corrected chi connectivity index (χ0v) is 11.8. The van der Waals surface area contributed by atoms with Gasteiger partial charge >= 0.3 is 0 Å². The third-order valence-corrected chi connectivity index (χ3v) is 3.51. The maximum absolute atomic E-state index is 10.1. The average molecular weight is 264 g/mol. The van der Waals surface area contributed by atoms with Gasteiger partial charge in [0.15, 0.2) is 0 Å². The van der Waals surface area contributed by atoms with Crippen molar-refractivity contribution in [2.75, 3.05) is 17.2 Å². The minimum Gasteiger partial charge on any atom is -0.391 e. The van der Waals surface area contributed by atoms with E-state index in [9.17, 15) is 5.11 Å². The lowest BCUT2D eigenvalue weighted by molar-refractivity contribution is 0.144. The molecule has 0 saturated heterocycles. The van der Waals surface area contributed by atoms with Gasteiger partial charge in [-0.25, -0.2) is 9.97 Å². The van der Waals surface area contributed by atoms with Gasteiger partial charge in [-0.05, 0) is 26.7 Å². The fourth-order valence-corrected chi connectivity index (χ4v) is 2.56. The quantitative estimate of drug-likeness (QED) is 0.728. The summed E-state index contributed by atoms with van der Waals surface area (Å²) >= 11 is 0. The third kappa shape index (κ3) is 4.06. The molecular formula is C14H24N4O. The summed E-state index contributed by atoms with van der Waals surface area (Å²) in [6.07, 6.45) is 5.09. The van der Waals surface area contributed by atoms with Crippen LogP contribution in [0.2, 0.25) is 0 Å². The van der Waals surface area contributed by atoms with Gasteiger partial charge in [0.05, 0.1) is 12.1 Å². The summed E-state index contributed by atoms with van der Waals surface area (Å²) in [6, 6.07) is 2.01. The molecular weight excluding hydrogens is 240 g/mol. The second-order valence-electron chi connectivity index (χ2n) is 5.17. The monoisotopic (exact) mass is 264 g/mol. The molecule has 1 saturated carbocycles. The summed E-state index contributed by atoms with van der Waals surface area (Å²) in [4.78, 5) is 8.73. The Bertz CT molecular complexity index is 410. The Kier molecular flexibility index (Phi) is 4.96. The highest BCUT2D eigenvalue weighted by Crippen LogP contribution is 2.22. The van der Waals surface area contributed by atoms with E-state index >= 15 is 0 Å². The SMILES string of the molecule is CCNc1cc(NC2CCCCCC2O)nc(C)n1. The molecule has 5 heteroatoms. The lowest BCUT2D eigenvalue weighted by Crippen LogP contribution is -2.32. The van der Waals surface area contributed by atoms with Crippen molar-refractivity contribution >= 4 is 11.6 Å². The highest BCUT2D eigenvalue weighted by atomic mass is 16.3. The van der Waals surface area contributed by atoms with Crippen LogP contribution in [0.25, 0.3) is 0 Å². The van der Waals surface area contributed by atoms with E-state index < -0.39 is 0 Å². The van der Waals surface area contributed by atoms with E-state index in [0.29, 0.717) is 0 Å².